The van der Waals surface area contributed by atoms with Gasteiger partial charge < -0.3 is 10.6 Å². The first-order valence-corrected chi connectivity index (χ1v) is 6.89. The van der Waals surface area contributed by atoms with E-state index in [2.05, 4.69) is 18.7 Å². The van der Waals surface area contributed by atoms with Crippen LogP contribution < -0.4 is 5.73 Å². The van der Waals surface area contributed by atoms with Crippen molar-refractivity contribution in [1.82, 2.24) is 9.80 Å². The lowest BCUT2D eigenvalue weighted by atomic mass is 10.0. The number of hydrogen-bond acceptors (Lipinski definition) is 3. The average Bonchev–Trinajstić information content (AvgIpc) is 2.38. The topological polar surface area (TPSA) is 49.6 Å². The molecule has 1 aliphatic rings. The molecule has 1 aromatic carbocycles. The summed E-state index contributed by atoms with van der Waals surface area (Å²) in [5, 5.41) is 0. The van der Waals surface area contributed by atoms with Gasteiger partial charge in [0.25, 0.3) is 5.91 Å². The van der Waals surface area contributed by atoms with Crippen molar-refractivity contribution < 1.29 is 4.79 Å². The van der Waals surface area contributed by atoms with Gasteiger partial charge in [0.1, 0.15) is 0 Å². The van der Waals surface area contributed by atoms with Gasteiger partial charge in [-0.3, -0.25) is 9.69 Å². The van der Waals surface area contributed by atoms with E-state index in [1.807, 2.05) is 24.0 Å². The first kappa shape index (κ1) is 13.9. The number of nitrogens with two attached hydrogens (primary N) is 1. The van der Waals surface area contributed by atoms with Gasteiger partial charge in [-0.15, -0.1) is 0 Å². The van der Waals surface area contributed by atoms with Crippen molar-refractivity contribution in [2.75, 3.05) is 31.9 Å². The number of amides is 1. The molecule has 1 aliphatic heterocycles. The molecule has 0 saturated carbocycles. The highest BCUT2D eigenvalue weighted by atomic mass is 16.2. The second kappa shape index (κ2) is 5.61. The summed E-state index contributed by atoms with van der Waals surface area (Å²) < 4.78 is 0. The molecular formula is C15H23N3O. The quantitative estimate of drug-likeness (QED) is 0.825. The maximum atomic E-state index is 12.5. The van der Waals surface area contributed by atoms with Crippen molar-refractivity contribution in [2.45, 2.75) is 26.8 Å². The Bertz CT molecular complexity index is 442. The molecule has 1 saturated heterocycles. The van der Waals surface area contributed by atoms with E-state index in [9.17, 15) is 4.79 Å². The molecule has 19 heavy (non-hydrogen) atoms. The number of piperazine rings is 1. The minimum absolute atomic E-state index is 0.0685. The van der Waals surface area contributed by atoms with Crippen molar-refractivity contribution >= 4 is 11.6 Å². The molecule has 0 unspecified atom stereocenters. The van der Waals surface area contributed by atoms with Gasteiger partial charge in [-0.2, -0.15) is 0 Å². The number of nitrogens with zero attached hydrogens (tertiary/aromatic N) is 2. The summed E-state index contributed by atoms with van der Waals surface area (Å²) >= 11 is 0. The highest BCUT2D eigenvalue weighted by Gasteiger charge is 2.25. The Labute approximate surface area is 115 Å². The van der Waals surface area contributed by atoms with Gasteiger partial charge in [-0.1, -0.05) is 12.1 Å². The predicted octanol–water partition coefficient (Wildman–Crippen LogP) is 1.74. The second-order valence-electron chi connectivity index (χ2n) is 5.46. The molecule has 104 valence electrons. The molecule has 2 N–H and O–H groups in total. The van der Waals surface area contributed by atoms with E-state index in [0.717, 1.165) is 31.7 Å². The minimum atomic E-state index is 0.0685. The van der Waals surface area contributed by atoms with Crippen LogP contribution in [0.4, 0.5) is 5.69 Å². The second-order valence-corrected chi connectivity index (χ2v) is 5.46. The van der Waals surface area contributed by atoms with E-state index in [-0.39, 0.29) is 5.91 Å². The van der Waals surface area contributed by atoms with Crippen molar-refractivity contribution in [3.8, 4) is 0 Å². The van der Waals surface area contributed by atoms with Crippen molar-refractivity contribution in [3.05, 3.63) is 29.3 Å². The largest absolute Gasteiger partial charge is 0.398 e. The Morgan fingerprint density at radius 3 is 2.37 bits per heavy atom. The monoisotopic (exact) mass is 261 g/mol. The summed E-state index contributed by atoms with van der Waals surface area (Å²) in [6, 6.07) is 6.16. The third kappa shape index (κ3) is 2.89. The molecule has 0 spiro atoms. The molecule has 1 amide bonds. The Morgan fingerprint density at radius 1 is 1.21 bits per heavy atom. The maximum absolute atomic E-state index is 12.5. The third-order valence-electron chi connectivity index (χ3n) is 3.85. The molecule has 0 aromatic heterocycles. The molecule has 0 atom stereocenters. The molecule has 2 rings (SSSR count). The zero-order valence-corrected chi connectivity index (χ0v) is 12.0. The lowest BCUT2D eigenvalue weighted by Crippen LogP contribution is -2.50. The SMILES string of the molecule is Cc1cccc(N)c1C(=O)N1CCN(C(C)C)CC1. The van der Waals surface area contributed by atoms with E-state index in [1.54, 1.807) is 6.07 Å². The number of carbonyl (C=O) groups excluding carboxylic acids is 1. The van der Waals surface area contributed by atoms with Gasteiger partial charge >= 0.3 is 0 Å². The predicted molar refractivity (Wildman–Crippen MR) is 78.2 cm³/mol. The number of nitrogen functional groups attached to an aromatic ring is 1. The molecule has 1 fully saturated rings. The summed E-state index contributed by atoms with van der Waals surface area (Å²) in [5.41, 5.74) is 8.15. The number of anilines is 1. The molecule has 0 bridgehead atoms. The Balaban J connectivity index is 2.10. The number of benzene rings is 1. The zero-order chi connectivity index (χ0) is 14.0. The number of carbonyl (C=O) groups is 1. The number of rotatable bonds is 2. The number of hydrogen-bond donors (Lipinski definition) is 1. The Morgan fingerprint density at radius 2 is 1.84 bits per heavy atom. The van der Waals surface area contributed by atoms with Crippen LogP contribution in [0.25, 0.3) is 0 Å². The summed E-state index contributed by atoms with van der Waals surface area (Å²) in [6.07, 6.45) is 0. The highest BCUT2D eigenvalue weighted by molar-refractivity contribution is 6.00. The van der Waals surface area contributed by atoms with Gasteiger partial charge in [0.15, 0.2) is 0 Å². The lowest BCUT2D eigenvalue weighted by Gasteiger charge is -2.37. The highest BCUT2D eigenvalue weighted by Crippen LogP contribution is 2.19. The molecule has 1 heterocycles. The van der Waals surface area contributed by atoms with E-state index >= 15 is 0 Å². The van der Waals surface area contributed by atoms with Gasteiger partial charge in [0.2, 0.25) is 0 Å². The zero-order valence-electron chi connectivity index (χ0n) is 12.0. The van der Waals surface area contributed by atoms with Crippen LogP contribution in [0.15, 0.2) is 18.2 Å². The van der Waals surface area contributed by atoms with Crippen LogP contribution in [0.1, 0.15) is 29.8 Å². The van der Waals surface area contributed by atoms with Gasteiger partial charge in [0, 0.05) is 37.9 Å². The van der Waals surface area contributed by atoms with Crippen molar-refractivity contribution in [1.29, 1.82) is 0 Å². The van der Waals surface area contributed by atoms with E-state index in [4.69, 9.17) is 5.73 Å². The van der Waals surface area contributed by atoms with E-state index in [0.29, 0.717) is 17.3 Å². The Kier molecular flexibility index (Phi) is 4.10. The fourth-order valence-electron chi connectivity index (χ4n) is 2.58. The van der Waals surface area contributed by atoms with Crippen LogP contribution in [-0.4, -0.2) is 47.9 Å². The summed E-state index contributed by atoms with van der Waals surface area (Å²) in [6.45, 7) is 9.77. The number of aryl methyl sites for hydroxylation is 1. The van der Waals surface area contributed by atoms with Crippen LogP contribution in [0.5, 0.6) is 0 Å². The molecule has 4 nitrogen and oxygen atoms in total. The molecular weight excluding hydrogens is 238 g/mol. The normalized spacial score (nSPS) is 16.9. The summed E-state index contributed by atoms with van der Waals surface area (Å²) in [5.74, 6) is 0.0685. The van der Waals surface area contributed by atoms with Crippen LogP contribution in [0, 0.1) is 6.92 Å². The van der Waals surface area contributed by atoms with Crippen LogP contribution in [0.2, 0.25) is 0 Å². The standard InChI is InChI=1S/C15H23N3O/c1-11(2)17-7-9-18(10-8-17)15(19)14-12(3)5-4-6-13(14)16/h4-6,11H,7-10,16H2,1-3H3. The van der Waals surface area contributed by atoms with Gasteiger partial charge in [-0.05, 0) is 32.4 Å². The molecule has 1 aromatic rings. The molecule has 0 radical (unpaired) electrons. The first-order chi connectivity index (χ1) is 9.00. The van der Waals surface area contributed by atoms with Crippen LogP contribution >= 0.6 is 0 Å². The van der Waals surface area contributed by atoms with Crippen molar-refractivity contribution in [2.24, 2.45) is 0 Å². The minimum Gasteiger partial charge on any atom is -0.398 e. The van der Waals surface area contributed by atoms with Crippen LogP contribution in [-0.2, 0) is 0 Å². The smallest absolute Gasteiger partial charge is 0.256 e. The molecule has 4 heteroatoms. The van der Waals surface area contributed by atoms with Crippen molar-refractivity contribution in [3.63, 3.8) is 0 Å². The summed E-state index contributed by atoms with van der Waals surface area (Å²) in [4.78, 5) is 16.9. The van der Waals surface area contributed by atoms with Gasteiger partial charge in [0.05, 0.1) is 5.56 Å². The lowest BCUT2D eigenvalue weighted by molar-refractivity contribution is 0.0596. The van der Waals surface area contributed by atoms with E-state index in [1.165, 1.54) is 0 Å². The fourth-order valence-corrected chi connectivity index (χ4v) is 2.58. The fraction of sp³-hybridized carbons (Fsp3) is 0.533. The molecule has 0 aliphatic carbocycles. The third-order valence-corrected chi connectivity index (χ3v) is 3.85. The van der Waals surface area contributed by atoms with E-state index < -0.39 is 0 Å². The summed E-state index contributed by atoms with van der Waals surface area (Å²) in [7, 11) is 0. The Hall–Kier alpha value is -1.55. The first-order valence-electron chi connectivity index (χ1n) is 6.89. The van der Waals surface area contributed by atoms with Gasteiger partial charge in [-0.25, -0.2) is 0 Å². The van der Waals surface area contributed by atoms with Crippen LogP contribution in [0.3, 0.4) is 0 Å². The average molecular weight is 261 g/mol. The maximum Gasteiger partial charge on any atom is 0.256 e.